The molecule has 24 heavy (non-hydrogen) atoms. The van der Waals surface area contributed by atoms with Gasteiger partial charge in [-0.05, 0) is 23.3 Å². The number of benzene rings is 2. The van der Waals surface area contributed by atoms with Crippen LogP contribution < -0.4 is 5.43 Å². The number of carbonyl (C=O) groups excluding carboxylic acids is 1. The predicted molar refractivity (Wildman–Crippen MR) is 83.4 cm³/mol. The summed E-state index contributed by atoms with van der Waals surface area (Å²) >= 11 is 0. The van der Waals surface area contributed by atoms with Crippen LogP contribution in [0.15, 0.2) is 59.7 Å². The van der Waals surface area contributed by atoms with Crippen LogP contribution in [0.25, 0.3) is 0 Å². The molecule has 0 aliphatic rings. The number of ether oxygens (including phenoxy) is 1. The number of hydrogen-bond donors (Lipinski definition) is 1. The maximum atomic E-state index is 12.6. The largest absolute Gasteiger partial charge is 0.416 e. The Bertz CT molecular complexity index is 715. The van der Waals surface area contributed by atoms with E-state index in [9.17, 15) is 18.0 Å². The summed E-state index contributed by atoms with van der Waals surface area (Å²) in [6.07, 6.45) is -4.14. The Kier molecular flexibility index (Phi) is 5.70. The molecule has 2 aromatic carbocycles. The van der Waals surface area contributed by atoms with E-state index in [4.69, 9.17) is 4.74 Å². The lowest BCUT2D eigenvalue weighted by Crippen LogP contribution is -2.26. The summed E-state index contributed by atoms with van der Waals surface area (Å²) in [6, 6.07) is 13.4. The van der Waals surface area contributed by atoms with E-state index in [2.05, 4.69) is 10.5 Å². The van der Waals surface area contributed by atoms with E-state index in [0.717, 1.165) is 18.3 Å². The van der Waals surface area contributed by atoms with Crippen LogP contribution in [-0.2, 0) is 15.7 Å². The fourth-order valence-electron chi connectivity index (χ4n) is 2.05. The first kappa shape index (κ1) is 17.7. The summed E-state index contributed by atoms with van der Waals surface area (Å²) in [5.41, 5.74) is 2.35. The fourth-order valence-corrected chi connectivity index (χ4v) is 2.05. The topological polar surface area (TPSA) is 50.7 Å². The Morgan fingerprint density at radius 3 is 2.50 bits per heavy atom. The highest BCUT2D eigenvalue weighted by Gasteiger charge is 2.30. The number of amides is 1. The highest BCUT2D eigenvalue weighted by atomic mass is 19.4. The molecule has 0 radical (unpaired) electrons. The van der Waals surface area contributed by atoms with Crippen LogP contribution in [0.4, 0.5) is 13.2 Å². The van der Waals surface area contributed by atoms with Gasteiger partial charge in [-0.15, -0.1) is 0 Å². The maximum absolute atomic E-state index is 12.6. The van der Waals surface area contributed by atoms with Crippen LogP contribution in [0.3, 0.4) is 0 Å². The van der Waals surface area contributed by atoms with E-state index < -0.39 is 23.8 Å². The molecule has 0 fully saturated rings. The number of carbonyl (C=O) groups is 1. The first-order chi connectivity index (χ1) is 11.4. The molecule has 0 aliphatic heterocycles. The number of alkyl halides is 3. The van der Waals surface area contributed by atoms with Crippen LogP contribution in [0.5, 0.6) is 0 Å². The quantitative estimate of drug-likeness (QED) is 0.671. The van der Waals surface area contributed by atoms with Gasteiger partial charge in [0.15, 0.2) is 6.10 Å². The Balaban J connectivity index is 2.04. The van der Waals surface area contributed by atoms with Gasteiger partial charge in [0, 0.05) is 7.11 Å². The summed E-state index contributed by atoms with van der Waals surface area (Å²) in [6.45, 7) is 0. The van der Waals surface area contributed by atoms with Crippen molar-refractivity contribution in [2.24, 2.45) is 5.10 Å². The van der Waals surface area contributed by atoms with Crippen molar-refractivity contribution in [3.8, 4) is 0 Å². The monoisotopic (exact) mass is 336 g/mol. The average Bonchev–Trinajstić information content (AvgIpc) is 2.56. The molecule has 4 nitrogen and oxygen atoms in total. The molecule has 2 aromatic rings. The number of halogens is 3. The molecular formula is C17H15F3N2O2. The lowest BCUT2D eigenvalue weighted by Gasteiger charge is -2.13. The Hall–Kier alpha value is -2.67. The molecule has 2 rings (SSSR count). The van der Waals surface area contributed by atoms with Gasteiger partial charge in [-0.25, -0.2) is 5.43 Å². The second-order valence-corrected chi connectivity index (χ2v) is 4.88. The molecule has 7 heteroatoms. The third-order valence-electron chi connectivity index (χ3n) is 3.18. The second-order valence-electron chi connectivity index (χ2n) is 4.88. The van der Waals surface area contributed by atoms with Gasteiger partial charge in [0.25, 0.3) is 5.91 Å². The Morgan fingerprint density at radius 1 is 1.17 bits per heavy atom. The predicted octanol–water partition coefficient (Wildman–Crippen LogP) is 3.54. The molecule has 1 atom stereocenters. The van der Waals surface area contributed by atoms with Crippen LogP contribution in [0, 0.1) is 0 Å². The van der Waals surface area contributed by atoms with E-state index in [-0.39, 0.29) is 5.56 Å². The van der Waals surface area contributed by atoms with Crippen molar-refractivity contribution >= 4 is 12.1 Å². The van der Waals surface area contributed by atoms with Gasteiger partial charge >= 0.3 is 6.18 Å². The van der Waals surface area contributed by atoms with Crippen LogP contribution in [0.1, 0.15) is 22.8 Å². The van der Waals surface area contributed by atoms with Crippen LogP contribution >= 0.6 is 0 Å². The van der Waals surface area contributed by atoms with Crippen molar-refractivity contribution in [1.29, 1.82) is 0 Å². The maximum Gasteiger partial charge on any atom is 0.416 e. The minimum atomic E-state index is -4.43. The lowest BCUT2D eigenvalue weighted by molar-refractivity contribution is -0.137. The molecule has 0 aliphatic carbocycles. The second kappa shape index (κ2) is 7.74. The average molecular weight is 336 g/mol. The zero-order valence-corrected chi connectivity index (χ0v) is 12.7. The van der Waals surface area contributed by atoms with Crippen LogP contribution in [-0.4, -0.2) is 19.2 Å². The first-order valence-electron chi connectivity index (χ1n) is 6.99. The number of methoxy groups -OCH3 is 1. The molecule has 0 spiro atoms. The SMILES string of the molecule is COC(C(=O)NN=Cc1cccc(C(F)(F)F)c1)c1ccccc1. The van der Waals surface area contributed by atoms with Gasteiger partial charge in [-0.3, -0.25) is 4.79 Å². The molecule has 1 N–H and O–H groups in total. The molecule has 0 bridgehead atoms. The third kappa shape index (κ3) is 4.66. The van der Waals surface area contributed by atoms with E-state index in [1.54, 1.807) is 30.3 Å². The molecule has 126 valence electrons. The lowest BCUT2D eigenvalue weighted by atomic mass is 10.1. The van der Waals surface area contributed by atoms with E-state index in [1.165, 1.54) is 19.2 Å². The van der Waals surface area contributed by atoms with Gasteiger partial charge in [-0.1, -0.05) is 42.5 Å². The summed E-state index contributed by atoms with van der Waals surface area (Å²) in [4.78, 5) is 12.1. The summed E-state index contributed by atoms with van der Waals surface area (Å²) in [5, 5.41) is 3.69. The number of hydrogen-bond acceptors (Lipinski definition) is 3. The van der Waals surface area contributed by atoms with Crippen molar-refractivity contribution in [3.63, 3.8) is 0 Å². The molecular weight excluding hydrogens is 321 g/mol. The number of nitrogens with one attached hydrogen (secondary N) is 1. The zero-order chi connectivity index (χ0) is 17.6. The summed E-state index contributed by atoms with van der Waals surface area (Å²) in [7, 11) is 1.38. The molecule has 1 amide bonds. The van der Waals surface area contributed by atoms with Gasteiger partial charge in [0.05, 0.1) is 11.8 Å². The third-order valence-corrected chi connectivity index (χ3v) is 3.18. The Morgan fingerprint density at radius 2 is 1.88 bits per heavy atom. The molecule has 0 aromatic heterocycles. The van der Waals surface area contributed by atoms with Gasteiger partial charge in [0.1, 0.15) is 0 Å². The Labute approximate surface area is 137 Å². The number of rotatable bonds is 5. The van der Waals surface area contributed by atoms with Crippen molar-refractivity contribution in [3.05, 3.63) is 71.3 Å². The molecule has 0 saturated carbocycles. The minimum absolute atomic E-state index is 0.221. The van der Waals surface area contributed by atoms with E-state index in [0.29, 0.717) is 5.56 Å². The first-order valence-corrected chi connectivity index (χ1v) is 6.99. The zero-order valence-electron chi connectivity index (χ0n) is 12.7. The van der Waals surface area contributed by atoms with Gasteiger partial charge in [0.2, 0.25) is 0 Å². The minimum Gasteiger partial charge on any atom is -0.367 e. The van der Waals surface area contributed by atoms with Crippen LogP contribution in [0.2, 0.25) is 0 Å². The number of nitrogens with zero attached hydrogens (tertiary/aromatic N) is 1. The number of hydrazone groups is 1. The smallest absolute Gasteiger partial charge is 0.367 e. The molecule has 1 unspecified atom stereocenters. The highest BCUT2D eigenvalue weighted by molar-refractivity contribution is 5.85. The van der Waals surface area contributed by atoms with Gasteiger partial charge in [-0.2, -0.15) is 18.3 Å². The van der Waals surface area contributed by atoms with Crippen molar-refractivity contribution in [1.82, 2.24) is 5.43 Å². The molecule has 0 saturated heterocycles. The highest BCUT2D eigenvalue weighted by Crippen LogP contribution is 2.29. The summed E-state index contributed by atoms with van der Waals surface area (Å²) in [5.74, 6) is -0.521. The fraction of sp³-hybridized carbons (Fsp3) is 0.176. The normalized spacial score (nSPS) is 13.0. The van der Waals surface area contributed by atoms with Gasteiger partial charge < -0.3 is 4.74 Å². The van der Waals surface area contributed by atoms with Crippen molar-refractivity contribution in [2.75, 3.05) is 7.11 Å². The molecule has 0 heterocycles. The van der Waals surface area contributed by atoms with E-state index >= 15 is 0 Å². The van der Waals surface area contributed by atoms with E-state index in [1.807, 2.05) is 0 Å². The summed E-state index contributed by atoms with van der Waals surface area (Å²) < 4.78 is 43.0. The standard InChI is InChI=1S/C17H15F3N2O2/c1-24-15(13-7-3-2-4-8-13)16(23)22-21-11-12-6-5-9-14(10-12)17(18,19)20/h2-11,15H,1H3,(H,22,23). The van der Waals surface area contributed by atoms with Crippen molar-refractivity contribution < 1.29 is 22.7 Å². The van der Waals surface area contributed by atoms with Crippen molar-refractivity contribution in [2.45, 2.75) is 12.3 Å².